The van der Waals surface area contributed by atoms with E-state index < -0.39 is 0 Å². The van der Waals surface area contributed by atoms with E-state index in [4.69, 9.17) is 0 Å². The maximum atomic E-state index is 3.64. The molecule has 0 amide bonds. The minimum absolute atomic E-state index is 0. The van der Waals surface area contributed by atoms with Crippen molar-refractivity contribution in [1.29, 1.82) is 0 Å². The minimum atomic E-state index is 0. The van der Waals surface area contributed by atoms with Gasteiger partial charge in [0.05, 0.1) is 0 Å². The maximum Gasteiger partial charge on any atom is -1.00 e. The Bertz CT molecular complexity index is 480. The molecule has 1 atom stereocenters. The van der Waals surface area contributed by atoms with Crippen LogP contribution in [0.5, 0.6) is 0 Å². The van der Waals surface area contributed by atoms with Crippen molar-refractivity contribution < 1.29 is 45.2 Å². The van der Waals surface area contributed by atoms with E-state index in [9.17, 15) is 0 Å². The molecule has 2 N–H and O–H groups in total. The summed E-state index contributed by atoms with van der Waals surface area (Å²) in [5.41, 5.74) is 1.43. The monoisotopic (exact) mass is 449 g/mol. The quantitative estimate of drug-likeness (QED) is 0.428. The molecule has 1 aliphatic heterocycles. The van der Waals surface area contributed by atoms with Crippen LogP contribution >= 0.6 is 0 Å². The fourth-order valence-electron chi connectivity index (χ4n) is 3.48. The first-order chi connectivity index (χ1) is 12.1. The number of nitrogens with one attached hydrogen (secondary N) is 2. The minimum Gasteiger partial charge on any atom is -1.00 e. The van der Waals surface area contributed by atoms with Crippen LogP contribution in [0.3, 0.4) is 0 Å². The fourth-order valence-corrected chi connectivity index (χ4v) is 4.11. The average molecular weight is 450 g/mol. The van der Waals surface area contributed by atoms with Crippen molar-refractivity contribution in [2.24, 2.45) is 0 Å². The van der Waals surface area contributed by atoms with E-state index in [-0.39, 0.29) is 28.7 Å². The summed E-state index contributed by atoms with van der Waals surface area (Å²) in [7, 11) is 4.55. The number of benzene rings is 1. The van der Waals surface area contributed by atoms with Crippen LogP contribution in [0.4, 0.5) is 0 Å². The van der Waals surface area contributed by atoms with Crippen molar-refractivity contribution >= 4 is 0 Å². The molecule has 0 spiro atoms. The Labute approximate surface area is 190 Å². The Kier molecular flexibility index (Phi) is 15.4. The number of nitrogens with zero attached hydrogens (tertiary/aromatic N) is 2. The van der Waals surface area contributed by atoms with E-state index in [1.54, 1.807) is 0 Å². The van der Waals surface area contributed by atoms with E-state index in [1.807, 2.05) is 0 Å². The van der Waals surface area contributed by atoms with Crippen LogP contribution in [0.1, 0.15) is 31.2 Å². The zero-order valence-electron chi connectivity index (χ0n) is 16.8. The Balaban J connectivity index is 0.00000338. The number of hydrogen-bond acceptors (Lipinski definition) is 4. The Morgan fingerprint density at radius 1 is 0.815 bits per heavy atom. The van der Waals surface area contributed by atoms with Gasteiger partial charge in [-0.05, 0) is 0 Å². The van der Waals surface area contributed by atoms with Gasteiger partial charge in [0.25, 0.3) is 0 Å². The van der Waals surface area contributed by atoms with Gasteiger partial charge in [-0.1, -0.05) is 0 Å². The van der Waals surface area contributed by atoms with Crippen LogP contribution in [0.2, 0.25) is 0 Å². The number of hydrogen-bond donors (Lipinski definition) is 2. The second-order valence-electron chi connectivity index (χ2n) is 7.26. The molecule has 1 fully saturated rings. The molecule has 0 bridgehead atoms. The molecule has 0 aromatic heterocycles. The molecule has 7 heteroatoms. The van der Waals surface area contributed by atoms with Gasteiger partial charge in [0.1, 0.15) is 0 Å². The van der Waals surface area contributed by atoms with E-state index in [1.165, 1.54) is 37.9 Å². The molecular formula is C20H35Cl2N4Ti. The average Bonchev–Trinajstić information content (AvgIpc) is 2.62. The third kappa shape index (κ3) is 9.60. The van der Waals surface area contributed by atoms with E-state index in [0.717, 1.165) is 39.1 Å². The zero-order chi connectivity index (χ0) is 18.0. The molecule has 1 aliphatic rings. The first-order valence-electron chi connectivity index (χ1n) is 9.75. The van der Waals surface area contributed by atoms with E-state index in [2.05, 4.69) is 85.3 Å². The summed E-state index contributed by atoms with van der Waals surface area (Å²) in [6, 6.07) is 11.0. The summed E-state index contributed by atoms with van der Waals surface area (Å²) in [5.74, 6) is 0. The van der Waals surface area contributed by atoms with Crippen LogP contribution in [0.15, 0.2) is 30.3 Å². The van der Waals surface area contributed by atoms with Crippen LogP contribution in [0.25, 0.3) is 0 Å². The second-order valence-corrected chi connectivity index (χ2v) is 8.55. The van der Waals surface area contributed by atoms with Crippen molar-refractivity contribution in [2.75, 3.05) is 59.9 Å². The molecule has 1 heterocycles. The standard InChI is InChI=1S/C20H35N4.2ClH.Ti/c1-23-16-7-14-21-12-6-13-22-15-11-20(24(2)18-8-17-23)19-9-4-3-5-10-19;;;/h3-5,9-10,21-22H,6-8,11-18H2,1-2H3;2*1H;/q;;;+2/p-2. The molecule has 0 radical (unpaired) electrons. The van der Waals surface area contributed by atoms with E-state index >= 15 is 0 Å². The number of rotatable bonds is 1. The van der Waals surface area contributed by atoms with Gasteiger partial charge < -0.3 is 24.8 Å². The maximum absolute atomic E-state index is 3.64. The van der Waals surface area contributed by atoms with Crippen molar-refractivity contribution in [3.8, 4) is 0 Å². The van der Waals surface area contributed by atoms with Gasteiger partial charge in [-0.15, -0.1) is 0 Å². The fraction of sp³-hybridized carbons (Fsp3) is 0.700. The normalized spacial score (nSPS) is 25.2. The van der Waals surface area contributed by atoms with Gasteiger partial charge >= 0.3 is 166 Å². The first-order valence-corrected chi connectivity index (χ1v) is 10.5. The first kappa shape index (κ1) is 27.4. The molecule has 1 aromatic rings. The molecule has 1 aromatic carbocycles. The van der Waals surface area contributed by atoms with Gasteiger partial charge in [0, 0.05) is 0 Å². The Hall–Kier alpha value is 0.354. The molecule has 0 saturated carbocycles. The van der Waals surface area contributed by atoms with Crippen LogP contribution in [-0.2, 0) is 24.3 Å². The third-order valence-corrected chi connectivity index (χ3v) is 6.64. The number of halogens is 2. The SMILES string of the molecule is CN1CCCNCCCNCC[C]([Ti+2])(c2ccccc2)N(C)CCC1.[Cl-].[Cl-]. The van der Waals surface area contributed by atoms with Gasteiger partial charge in [-0.25, -0.2) is 0 Å². The zero-order valence-corrected chi connectivity index (χ0v) is 19.9. The predicted octanol–water partition coefficient (Wildman–Crippen LogP) is -3.99. The van der Waals surface area contributed by atoms with Gasteiger partial charge in [0.15, 0.2) is 0 Å². The molecule has 27 heavy (non-hydrogen) atoms. The molecule has 4 nitrogen and oxygen atoms in total. The van der Waals surface area contributed by atoms with Crippen molar-refractivity contribution in [2.45, 2.75) is 29.5 Å². The van der Waals surface area contributed by atoms with Crippen molar-refractivity contribution in [3.05, 3.63) is 35.9 Å². The molecule has 1 saturated heterocycles. The summed E-state index contributed by atoms with van der Waals surface area (Å²) >= 11 is 2.40. The molecular weight excluding hydrogens is 415 g/mol. The summed E-state index contributed by atoms with van der Waals surface area (Å²) in [6.45, 7) is 7.91. The molecule has 0 aliphatic carbocycles. The van der Waals surface area contributed by atoms with E-state index in [0.29, 0.717) is 0 Å². The largest absolute Gasteiger partial charge is 1.00 e. The summed E-state index contributed by atoms with van der Waals surface area (Å²) < 4.78 is 0.0855. The van der Waals surface area contributed by atoms with Gasteiger partial charge in [-0.3, -0.25) is 0 Å². The Morgan fingerprint density at radius 3 is 2.11 bits per heavy atom. The predicted molar refractivity (Wildman–Crippen MR) is 102 cm³/mol. The van der Waals surface area contributed by atoms with Crippen LogP contribution < -0.4 is 35.4 Å². The summed E-state index contributed by atoms with van der Waals surface area (Å²) in [5, 5.41) is 7.21. The third-order valence-electron chi connectivity index (χ3n) is 5.20. The molecule has 1 unspecified atom stereocenters. The summed E-state index contributed by atoms with van der Waals surface area (Å²) in [6.07, 6.45) is 4.79. The molecule has 153 valence electrons. The smallest absolute Gasteiger partial charge is 1.00 e. The van der Waals surface area contributed by atoms with Gasteiger partial charge in [-0.2, -0.15) is 0 Å². The summed E-state index contributed by atoms with van der Waals surface area (Å²) in [4.78, 5) is 5.04. The van der Waals surface area contributed by atoms with Crippen molar-refractivity contribution in [3.63, 3.8) is 0 Å². The van der Waals surface area contributed by atoms with Gasteiger partial charge in [0.2, 0.25) is 0 Å². The topological polar surface area (TPSA) is 30.5 Å². The second kappa shape index (κ2) is 15.2. The Morgan fingerprint density at radius 2 is 1.41 bits per heavy atom. The van der Waals surface area contributed by atoms with Crippen LogP contribution in [-0.4, -0.2) is 69.7 Å². The molecule has 2 rings (SSSR count). The van der Waals surface area contributed by atoms with Crippen LogP contribution in [0, 0.1) is 0 Å². The van der Waals surface area contributed by atoms with Crippen molar-refractivity contribution in [1.82, 2.24) is 20.4 Å².